The number of ether oxygens (including phenoxy) is 1. The van der Waals surface area contributed by atoms with E-state index in [-0.39, 0.29) is 33.2 Å². The summed E-state index contributed by atoms with van der Waals surface area (Å²) in [5, 5.41) is 11.2. The molecular weight excluding hydrogens is 525 g/mol. The lowest BCUT2D eigenvalue weighted by Crippen LogP contribution is -2.18. The number of carbonyl (C=O) groups is 1. The normalized spacial score (nSPS) is 12.2. The van der Waals surface area contributed by atoms with Crippen LogP contribution in [0.3, 0.4) is 0 Å². The van der Waals surface area contributed by atoms with Crippen LogP contribution in [0.1, 0.15) is 23.2 Å². The zero-order valence-corrected chi connectivity index (χ0v) is 19.4. The first-order valence-electron chi connectivity index (χ1n) is 10.2. The molecule has 0 bridgehead atoms. The molecule has 2 aromatic carbocycles. The Bertz CT molecular complexity index is 1600. The molecule has 0 spiro atoms. The molecule has 9 nitrogen and oxygen atoms in total. The average Bonchev–Trinajstić information content (AvgIpc) is 3.20. The van der Waals surface area contributed by atoms with Gasteiger partial charge >= 0.3 is 12.3 Å². The number of rotatable bonds is 5. The van der Waals surface area contributed by atoms with Gasteiger partial charge in [0.1, 0.15) is 5.69 Å². The molecule has 0 atom stereocenters. The summed E-state index contributed by atoms with van der Waals surface area (Å²) in [4.78, 5) is 16.4. The molecule has 1 amide bonds. The number of carbonyl (C=O) groups excluding carboxylic acids is 1. The van der Waals surface area contributed by atoms with Crippen LogP contribution >= 0.6 is 0 Å². The molecule has 0 saturated carbocycles. The van der Waals surface area contributed by atoms with E-state index in [4.69, 9.17) is 9.88 Å². The van der Waals surface area contributed by atoms with Gasteiger partial charge in [0, 0.05) is 11.3 Å². The van der Waals surface area contributed by atoms with Crippen LogP contribution in [-0.2, 0) is 16.2 Å². The number of primary sulfonamides is 1. The molecule has 194 valence electrons. The van der Waals surface area contributed by atoms with Crippen LogP contribution in [0.5, 0.6) is 5.75 Å². The van der Waals surface area contributed by atoms with Gasteiger partial charge in [-0.05, 0) is 42.8 Å². The molecular formula is C22H16F5N5O4S. The van der Waals surface area contributed by atoms with Crippen molar-refractivity contribution in [1.82, 2.24) is 14.6 Å². The summed E-state index contributed by atoms with van der Waals surface area (Å²) < 4.78 is 95.3. The van der Waals surface area contributed by atoms with Crippen molar-refractivity contribution in [3.05, 3.63) is 71.5 Å². The fourth-order valence-corrected chi connectivity index (χ4v) is 4.21. The minimum atomic E-state index is -4.59. The highest BCUT2D eigenvalue weighted by Gasteiger charge is 2.30. The molecule has 15 heteroatoms. The SMILES string of the molecule is Cc1ccc(NC(=O)Oc2cnn3c(C(F)F)cc(-c4ccc(C(F)(F)F)cc4)nc23)cc1S(N)(=O)=O. The molecule has 0 radical (unpaired) electrons. The Balaban J connectivity index is 1.67. The van der Waals surface area contributed by atoms with Gasteiger partial charge < -0.3 is 4.74 Å². The van der Waals surface area contributed by atoms with E-state index in [2.05, 4.69) is 15.4 Å². The summed E-state index contributed by atoms with van der Waals surface area (Å²) >= 11 is 0. The summed E-state index contributed by atoms with van der Waals surface area (Å²) in [5.74, 6) is -0.341. The first-order chi connectivity index (χ1) is 17.2. The highest BCUT2D eigenvalue weighted by Crippen LogP contribution is 2.33. The smallest absolute Gasteiger partial charge is 0.404 e. The highest BCUT2D eigenvalue weighted by atomic mass is 32.2. The van der Waals surface area contributed by atoms with Crippen LogP contribution in [0, 0.1) is 6.92 Å². The van der Waals surface area contributed by atoms with Gasteiger partial charge in [0.05, 0.1) is 22.3 Å². The van der Waals surface area contributed by atoms with Gasteiger partial charge in [0.2, 0.25) is 10.0 Å². The number of aryl methyl sites for hydroxylation is 1. The van der Waals surface area contributed by atoms with Crippen molar-refractivity contribution in [2.24, 2.45) is 5.14 Å². The van der Waals surface area contributed by atoms with Gasteiger partial charge in [-0.1, -0.05) is 18.2 Å². The number of nitrogens with two attached hydrogens (primary N) is 1. The lowest BCUT2D eigenvalue weighted by Gasteiger charge is -2.11. The Morgan fingerprint density at radius 3 is 2.38 bits per heavy atom. The van der Waals surface area contributed by atoms with Crippen LogP contribution in [0.15, 0.2) is 59.6 Å². The van der Waals surface area contributed by atoms with Crippen molar-refractivity contribution >= 4 is 27.5 Å². The number of aromatic nitrogens is 3. The maximum atomic E-state index is 13.7. The topological polar surface area (TPSA) is 129 Å². The summed E-state index contributed by atoms with van der Waals surface area (Å²) in [7, 11) is -4.07. The maximum absolute atomic E-state index is 13.7. The van der Waals surface area contributed by atoms with E-state index in [1.54, 1.807) is 0 Å². The van der Waals surface area contributed by atoms with Crippen LogP contribution in [0.4, 0.5) is 32.4 Å². The number of nitrogens with zero attached hydrogens (tertiary/aromatic N) is 3. The van der Waals surface area contributed by atoms with Crippen molar-refractivity contribution < 1.29 is 39.9 Å². The van der Waals surface area contributed by atoms with E-state index in [1.165, 1.54) is 19.1 Å². The summed E-state index contributed by atoms with van der Waals surface area (Å²) in [6.07, 6.45) is -7.81. The number of sulfonamides is 1. The lowest BCUT2D eigenvalue weighted by atomic mass is 10.1. The van der Waals surface area contributed by atoms with Crippen LogP contribution in [0.2, 0.25) is 0 Å². The molecule has 0 fully saturated rings. The number of amides is 1. The number of hydrogen-bond donors (Lipinski definition) is 2. The number of anilines is 1. The molecule has 0 aliphatic rings. The molecule has 0 saturated heterocycles. The molecule has 2 aromatic heterocycles. The van der Waals surface area contributed by atoms with Crippen molar-refractivity contribution in [3.63, 3.8) is 0 Å². The molecule has 0 aliphatic heterocycles. The Morgan fingerprint density at radius 2 is 1.78 bits per heavy atom. The van der Waals surface area contributed by atoms with E-state index in [1.807, 2.05) is 0 Å². The third-order valence-electron chi connectivity index (χ3n) is 5.14. The van der Waals surface area contributed by atoms with Gasteiger partial charge in [-0.15, -0.1) is 0 Å². The van der Waals surface area contributed by atoms with Gasteiger partial charge in [-0.2, -0.15) is 18.3 Å². The Kier molecular flexibility index (Phi) is 6.60. The molecule has 37 heavy (non-hydrogen) atoms. The average molecular weight is 541 g/mol. The number of nitrogens with one attached hydrogen (secondary N) is 1. The maximum Gasteiger partial charge on any atom is 0.417 e. The standard InChI is InChI=1S/C22H16F5N5O4S/c1-11-2-7-14(8-18(11)37(28,34)35)30-21(33)36-17-10-29-32-16(19(23)24)9-15(31-20(17)32)12-3-5-13(6-4-12)22(25,26)27/h2-10,19H,1H3,(H,30,33)(H2,28,34,35). The monoisotopic (exact) mass is 541 g/mol. The fraction of sp³-hybridized carbons (Fsp3) is 0.136. The van der Waals surface area contributed by atoms with E-state index in [9.17, 15) is 35.2 Å². The number of benzene rings is 2. The highest BCUT2D eigenvalue weighted by molar-refractivity contribution is 7.89. The van der Waals surface area contributed by atoms with Crippen LogP contribution < -0.4 is 15.2 Å². The predicted octanol–water partition coefficient (Wildman–Crippen LogP) is 4.92. The second kappa shape index (κ2) is 9.40. The summed E-state index contributed by atoms with van der Waals surface area (Å²) in [5.41, 5.74) is -1.55. The second-order valence-electron chi connectivity index (χ2n) is 7.73. The zero-order valence-electron chi connectivity index (χ0n) is 18.6. The van der Waals surface area contributed by atoms with Crippen LogP contribution in [0.25, 0.3) is 16.9 Å². The van der Waals surface area contributed by atoms with Crippen molar-refractivity contribution in [2.45, 2.75) is 24.4 Å². The van der Waals surface area contributed by atoms with Crippen LogP contribution in [-0.4, -0.2) is 29.1 Å². The molecule has 3 N–H and O–H groups in total. The quantitative estimate of drug-likeness (QED) is 0.345. The molecule has 2 heterocycles. The first kappa shape index (κ1) is 26.0. The molecule has 0 aliphatic carbocycles. The number of halogens is 5. The number of fused-ring (bicyclic) bond motifs is 1. The first-order valence-corrected chi connectivity index (χ1v) is 11.8. The number of hydrogen-bond acceptors (Lipinski definition) is 6. The largest absolute Gasteiger partial charge is 0.417 e. The lowest BCUT2D eigenvalue weighted by molar-refractivity contribution is -0.137. The fourth-order valence-electron chi connectivity index (χ4n) is 3.40. The minimum Gasteiger partial charge on any atom is -0.404 e. The van der Waals surface area contributed by atoms with Crippen molar-refractivity contribution in [1.29, 1.82) is 0 Å². The van der Waals surface area contributed by atoms with E-state index >= 15 is 0 Å². The summed E-state index contributed by atoms with van der Waals surface area (Å²) in [6.45, 7) is 1.50. The predicted molar refractivity (Wildman–Crippen MR) is 121 cm³/mol. The van der Waals surface area contributed by atoms with E-state index in [0.29, 0.717) is 5.56 Å². The van der Waals surface area contributed by atoms with E-state index < -0.39 is 40.0 Å². The van der Waals surface area contributed by atoms with E-state index in [0.717, 1.165) is 47.1 Å². The molecule has 0 unspecified atom stereocenters. The molecule has 4 rings (SSSR count). The van der Waals surface area contributed by atoms with Crippen molar-refractivity contribution in [3.8, 4) is 17.0 Å². The zero-order chi connectivity index (χ0) is 27.1. The van der Waals surface area contributed by atoms with Gasteiger partial charge in [-0.25, -0.2) is 36.6 Å². The Labute approximate surface area is 205 Å². The third-order valence-corrected chi connectivity index (χ3v) is 6.20. The van der Waals surface area contributed by atoms with Gasteiger partial charge in [0.15, 0.2) is 11.4 Å². The summed E-state index contributed by atoms with van der Waals surface area (Å²) in [6, 6.07) is 8.55. The van der Waals surface area contributed by atoms with Crippen molar-refractivity contribution in [2.75, 3.05) is 5.32 Å². The Morgan fingerprint density at radius 1 is 1.11 bits per heavy atom. The Hall–Kier alpha value is -4.11. The third kappa shape index (κ3) is 5.51. The second-order valence-corrected chi connectivity index (χ2v) is 9.26. The minimum absolute atomic E-state index is 0.0165. The molecule has 4 aromatic rings. The van der Waals surface area contributed by atoms with Gasteiger partial charge in [-0.3, -0.25) is 5.32 Å². The number of alkyl halides is 5. The van der Waals surface area contributed by atoms with Gasteiger partial charge in [0.25, 0.3) is 6.43 Å².